The molecule has 1 saturated heterocycles. The first-order valence-corrected chi connectivity index (χ1v) is 18.3. The highest BCUT2D eigenvalue weighted by Crippen LogP contribution is 2.32. The van der Waals surface area contributed by atoms with E-state index in [1.54, 1.807) is 22.8 Å². The topological polar surface area (TPSA) is 36.9 Å². The van der Waals surface area contributed by atoms with E-state index in [0.717, 1.165) is 10.4 Å². The molecule has 0 radical (unpaired) electrons. The highest BCUT2D eigenvalue weighted by atomic mass is 28.5. The van der Waals surface area contributed by atoms with Crippen molar-refractivity contribution in [1.82, 2.24) is 0 Å². The zero-order chi connectivity index (χ0) is 21.9. The van der Waals surface area contributed by atoms with Crippen LogP contribution in [0.25, 0.3) is 0 Å². The van der Waals surface area contributed by atoms with Crippen LogP contribution in [0.3, 0.4) is 0 Å². The largest absolute Gasteiger partial charge is 0.406 e. The summed E-state index contributed by atoms with van der Waals surface area (Å²) in [5.41, 5.74) is 7.15. The molecule has 2 aromatic carbocycles. The normalized spacial score (nSPS) is 34.2. The van der Waals surface area contributed by atoms with Gasteiger partial charge >= 0.3 is 34.2 Å². The average Bonchev–Trinajstić information content (AvgIpc) is 2.78. The van der Waals surface area contributed by atoms with E-state index in [-0.39, 0.29) is 0 Å². The number of hydrogen-bond acceptors (Lipinski definition) is 4. The zero-order valence-electron chi connectivity index (χ0n) is 17.5. The fourth-order valence-corrected chi connectivity index (χ4v) is 21.6. The van der Waals surface area contributed by atoms with Gasteiger partial charge in [-0.15, -0.1) is 26.3 Å². The van der Waals surface area contributed by atoms with Gasteiger partial charge in [0.15, 0.2) is 0 Å². The molecule has 0 aliphatic carbocycles. The van der Waals surface area contributed by atoms with Crippen LogP contribution in [-0.2, 0) is 16.5 Å². The number of benzene rings is 2. The van der Waals surface area contributed by atoms with Crippen LogP contribution in [0.2, 0.25) is 13.1 Å². The molecule has 1 heterocycles. The first-order chi connectivity index (χ1) is 14.3. The standard InChI is InChI=1S/C22H28O4Si4/c1-7-27(5)23-29(9-3,21-17-13-11-14-18-21)25-28(6,8-2)26-30(10-4,24-27)22-19-15-12-16-20-22/h7-20H,1-4H2,5-6H3. The third-order valence-corrected chi connectivity index (χ3v) is 21.2. The molecule has 0 aromatic heterocycles. The van der Waals surface area contributed by atoms with Crippen molar-refractivity contribution >= 4 is 44.6 Å². The lowest BCUT2D eigenvalue weighted by molar-refractivity contribution is 0.258. The summed E-state index contributed by atoms with van der Waals surface area (Å²) < 4.78 is 27.3. The molecule has 156 valence electrons. The Morgan fingerprint density at radius 2 is 0.833 bits per heavy atom. The SMILES string of the molecule is C=C[Si]1(C)O[Si](C=C)(c2ccccc2)O[Si](C)(C=C)O[Si](C=C)(c2ccccc2)O1. The Morgan fingerprint density at radius 3 is 1.07 bits per heavy atom. The first kappa shape index (κ1) is 22.8. The lowest BCUT2D eigenvalue weighted by Gasteiger charge is -2.48. The Hall–Kier alpha value is -1.89. The molecule has 0 amide bonds. The van der Waals surface area contributed by atoms with E-state index in [4.69, 9.17) is 16.5 Å². The fourth-order valence-electron chi connectivity index (χ4n) is 3.43. The molecular formula is C22H28O4Si4. The van der Waals surface area contributed by atoms with Crippen LogP contribution in [0, 0.1) is 0 Å². The Labute approximate surface area is 183 Å². The van der Waals surface area contributed by atoms with Crippen LogP contribution in [-0.4, -0.2) is 34.2 Å². The third-order valence-electron chi connectivity index (χ3n) is 5.05. The van der Waals surface area contributed by atoms with Crippen molar-refractivity contribution in [3.05, 3.63) is 110 Å². The Kier molecular flexibility index (Phi) is 6.60. The summed E-state index contributed by atoms with van der Waals surface area (Å²) in [6.07, 6.45) is 0. The van der Waals surface area contributed by atoms with Crippen molar-refractivity contribution in [2.24, 2.45) is 0 Å². The number of rotatable bonds is 6. The molecule has 1 aliphatic rings. The second kappa shape index (κ2) is 8.69. The molecular weight excluding hydrogens is 441 g/mol. The van der Waals surface area contributed by atoms with E-state index in [1.807, 2.05) is 73.8 Å². The van der Waals surface area contributed by atoms with Crippen LogP contribution in [0.4, 0.5) is 0 Å². The molecule has 4 nitrogen and oxygen atoms in total. The first-order valence-electron chi connectivity index (χ1n) is 9.74. The van der Waals surface area contributed by atoms with Gasteiger partial charge in [0.05, 0.1) is 0 Å². The molecule has 0 bridgehead atoms. The third kappa shape index (κ3) is 4.27. The van der Waals surface area contributed by atoms with Crippen LogP contribution in [0.1, 0.15) is 0 Å². The van der Waals surface area contributed by atoms with Gasteiger partial charge in [-0.3, -0.25) is 0 Å². The quantitative estimate of drug-likeness (QED) is 0.604. The Bertz CT molecular complexity index is 843. The van der Waals surface area contributed by atoms with Gasteiger partial charge in [-0.2, -0.15) is 0 Å². The van der Waals surface area contributed by atoms with E-state index in [9.17, 15) is 0 Å². The fraction of sp³-hybridized carbons (Fsp3) is 0.0909. The van der Waals surface area contributed by atoms with Crippen molar-refractivity contribution in [3.8, 4) is 0 Å². The molecule has 2 aromatic rings. The molecule has 0 atom stereocenters. The zero-order valence-corrected chi connectivity index (χ0v) is 21.5. The maximum atomic E-state index is 6.82. The van der Waals surface area contributed by atoms with Crippen molar-refractivity contribution in [2.75, 3.05) is 0 Å². The van der Waals surface area contributed by atoms with E-state index in [1.165, 1.54) is 0 Å². The number of hydrogen-bond donors (Lipinski definition) is 0. The predicted octanol–water partition coefficient (Wildman–Crippen LogP) is 3.81. The Morgan fingerprint density at radius 1 is 0.533 bits per heavy atom. The molecule has 0 unspecified atom stereocenters. The van der Waals surface area contributed by atoms with Crippen LogP contribution >= 0.6 is 0 Å². The maximum absolute atomic E-state index is 6.82. The van der Waals surface area contributed by atoms with Gasteiger partial charge in [0.1, 0.15) is 0 Å². The van der Waals surface area contributed by atoms with Crippen molar-refractivity contribution < 1.29 is 16.5 Å². The summed E-state index contributed by atoms with van der Waals surface area (Å²) in [5, 5.41) is 1.89. The molecule has 3 rings (SSSR count). The van der Waals surface area contributed by atoms with Gasteiger partial charge in [0.25, 0.3) is 0 Å². The lowest BCUT2D eigenvalue weighted by Crippen LogP contribution is -2.73. The molecule has 8 heteroatoms. The van der Waals surface area contributed by atoms with E-state index in [0.29, 0.717) is 0 Å². The summed E-state index contributed by atoms with van der Waals surface area (Å²) in [4.78, 5) is 0. The molecule has 1 fully saturated rings. The second-order valence-electron chi connectivity index (χ2n) is 7.32. The second-order valence-corrected chi connectivity index (χ2v) is 20.1. The van der Waals surface area contributed by atoms with Gasteiger partial charge in [0.2, 0.25) is 0 Å². The lowest BCUT2D eigenvalue weighted by atomic mass is 10.4. The molecule has 1 aliphatic heterocycles. The molecule has 0 spiro atoms. The minimum atomic E-state index is -3.12. The summed E-state index contributed by atoms with van der Waals surface area (Å²) in [6.45, 7) is 20.2. The van der Waals surface area contributed by atoms with E-state index < -0.39 is 34.2 Å². The van der Waals surface area contributed by atoms with Crippen molar-refractivity contribution in [2.45, 2.75) is 13.1 Å². The minimum absolute atomic E-state index is 0.945. The predicted molar refractivity (Wildman–Crippen MR) is 132 cm³/mol. The average molecular weight is 469 g/mol. The van der Waals surface area contributed by atoms with Crippen molar-refractivity contribution in [1.29, 1.82) is 0 Å². The smallest absolute Gasteiger partial charge is 0.381 e. The van der Waals surface area contributed by atoms with Gasteiger partial charge in [-0.05, 0) is 34.9 Å². The highest BCUT2D eigenvalue weighted by Gasteiger charge is 2.58. The highest BCUT2D eigenvalue weighted by molar-refractivity contribution is 7.05. The van der Waals surface area contributed by atoms with Crippen LogP contribution in [0.5, 0.6) is 0 Å². The summed E-state index contributed by atoms with van der Waals surface area (Å²) in [6, 6.07) is 19.8. The maximum Gasteiger partial charge on any atom is 0.381 e. The van der Waals surface area contributed by atoms with Gasteiger partial charge in [-0.25, -0.2) is 0 Å². The molecule has 0 N–H and O–H groups in total. The van der Waals surface area contributed by atoms with Crippen molar-refractivity contribution in [3.63, 3.8) is 0 Å². The minimum Gasteiger partial charge on any atom is -0.406 e. The van der Waals surface area contributed by atoms with E-state index in [2.05, 4.69) is 26.3 Å². The monoisotopic (exact) mass is 468 g/mol. The van der Waals surface area contributed by atoms with Crippen LogP contribution in [0.15, 0.2) is 110 Å². The summed E-state index contributed by atoms with van der Waals surface area (Å²) in [7, 11) is -12.2. The van der Waals surface area contributed by atoms with Gasteiger partial charge in [0, 0.05) is 0 Å². The Balaban J connectivity index is 2.21. The van der Waals surface area contributed by atoms with E-state index >= 15 is 0 Å². The molecule has 30 heavy (non-hydrogen) atoms. The van der Waals surface area contributed by atoms with Gasteiger partial charge < -0.3 is 16.5 Å². The molecule has 0 saturated carbocycles. The van der Waals surface area contributed by atoms with Gasteiger partial charge in [-0.1, -0.05) is 72.1 Å². The summed E-state index contributed by atoms with van der Waals surface area (Å²) >= 11 is 0. The van der Waals surface area contributed by atoms with Crippen LogP contribution < -0.4 is 10.4 Å². The summed E-state index contributed by atoms with van der Waals surface area (Å²) in [5.74, 6) is 0.